The Morgan fingerprint density at radius 1 is 1.15 bits per heavy atom. The molecule has 1 atom stereocenters. The minimum atomic E-state index is -4.68. The number of benzene rings is 1. The van der Waals surface area contributed by atoms with Gasteiger partial charge in [0, 0.05) is 43.4 Å². The summed E-state index contributed by atoms with van der Waals surface area (Å²) >= 11 is 0. The lowest BCUT2D eigenvalue weighted by Gasteiger charge is -2.30. The number of rotatable bonds is 5. The molecule has 1 aliphatic rings. The molecule has 7 nitrogen and oxygen atoms in total. The fourth-order valence-corrected chi connectivity index (χ4v) is 3.84. The number of H-pyrrole nitrogens is 1. The number of nitrogens with two attached hydrogens (primary N) is 1. The van der Waals surface area contributed by atoms with Crippen molar-refractivity contribution in [2.24, 2.45) is 5.73 Å². The van der Waals surface area contributed by atoms with Crippen LogP contribution < -0.4 is 5.73 Å². The van der Waals surface area contributed by atoms with Crippen molar-refractivity contribution >= 4 is 18.3 Å². The van der Waals surface area contributed by atoms with Gasteiger partial charge in [-0.15, -0.1) is 12.4 Å². The molecule has 0 radical (unpaired) electrons. The molecule has 0 bridgehead atoms. The molecule has 3 N–H and O–H groups in total. The number of amides is 1. The molecule has 1 aliphatic heterocycles. The van der Waals surface area contributed by atoms with E-state index in [9.17, 15) is 31.1 Å². The van der Waals surface area contributed by atoms with Crippen molar-refractivity contribution in [1.82, 2.24) is 24.6 Å². The topological polar surface area (TPSA) is 92.8 Å². The number of hydrogen-bond acceptors (Lipinski definition) is 4. The molecular weight excluding hydrogens is 490 g/mol. The molecule has 4 rings (SSSR count). The molecule has 0 aliphatic carbocycles. The highest BCUT2D eigenvalue weighted by molar-refractivity contribution is 5.85. The van der Waals surface area contributed by atoms with Crippen molar-refractivity contribution in [2.45, 2.75) is 38.1 Å². The number of aromatic nitrogens is 4. The van der Waals surface area contributed by atoms with E-state index in [2.05, 4.69) is 15.2 Å². The van der Waals surface area contributed by atoms with E-state index in [-0.39, 0.29) is 61.8 Å². The van der Waals surface area contributed by atoms with Gasteiger partial charge in [0.05, 0.1) is 24.1 Å². The Hall–Kier alpha value is -3.06. The first-order chi connectivity index (χ1) is 15.5. The zero-order valence-electron chi connectivity index (χ0n) is 17.4. The Morgan fingerprint density at radius 3 is 2.50 bits per heavy atom. The fourth-order valence-electron chi connectivity index (χ4n) is 3.84. The van der Waals surface area contributed by atoms with Gasteiger partial charge in [-0.05, 0) is 18.1 Å². The number of hydrogen-bond donors (Lipinski definition) is 2. The highest BCUT2D eigenvalue weighted by Gasteiger charge is 2.41. The van der Waals surface area contributed by atoms with Crippen LogP contribution in [0.5, 0.6) is 0 Å². The number of nitrogens with zero attached hydrogens (tertiary/aromatic N) is 4. The molecular formula is C20H19ClF6N6O. The number of imidazole rings is 1. The zero-order valence-corrected chi connectivity index (χ0v) is 18.2. The summed E-state index contributed by atoms with van der Waals surface area (Å²) in [7, 11) is 0. The second-order valence-corrected chi connectivity index (χ2v) is 7.71. The Kier molecular flexibility index (Phi) is 7.26. The molecule has 14 heteroatoms. The van der Waals surface area contributed by atoms with E-state index in [1.807, 2.05) is 0 Å². The van der Waals surface area contributed by atoms with Crippen molar-refractivity contribution in [3.05, 3.63) is 59.1 Å². The lowest BCUT2D eigenvalue weighted by molar-refractivity contribution is -0.148. The van der Waals surface area contributed by atoms with Gasteiger partial charge in [0.1, 0.15) is 5.82 Å². The lowest BCUT2D eigenvalue weighted by atomic mass is 10.0. The third-order valence-corrected chi connectivity index (χ3v) is 5.39. The van der Waals surface area contributed by atoms with Gasteiger partial charge in [0.2, 0.25) is 11.7 Å². The number of nitrogens with one attached hydrogen (secondary N) is 1. The van der Waals surface area contributed by atoms with Crippen LogP contribution in [0.1, 0.15) is 23.5 Å². The van der Waals surface area contributed by atoms with Crippen LogP contribution in [-0.4, -0.2) is 43.1 Å². The number of carbonyl (C=O) groups excluding carboxylic acids is 1. The van der Waals surface area contributed by atoms with Gasteiger partial charge >= 0.3 is 6.18 Å². The van der Waals surface area contributed by atoms with Crippen LogP contribution in [0.15, 0.2) is 24.5 Å². The van der Waals surface area contributed by atoms with E-state index in [0.29, 0.717) is 17.7 Å². The smallest absolute Gasteiger partial charge is 0.335 e. The molecule has 34 heavy (non-hydrogen) atoms. The minimum absolute atomic E-state index is 0. The molecule has 1 aromatic carbocycles. The summed E-state index contributed by atoms with van der Waals surface area (Å²) in [6.45, 7) is -0.287. The van der Waals surface area contributed by atoms with Crippen molar-refractivity contribution < 1.29 is 31.1 Å². The summed E-state index contributed by atoms with van der Waals surface area (Å²) in [5.74, 6) is -5.09. The van der Waals surface area contributed by atoms with E-state index in [4.69, 9.17) is 5.73 Å². The van der Waals surface area contributed by atoms with Crippen LogP contribution in [0.4, 0.5) is 26.3 Å². The number of carbonyl (C=O) groups is 1. The van der Waals surface area contributed by atoms with Crippen molar-refractivity contribution in [3.63, 3.8) is 0 Å². The average molecular weight is 509 g/mol. The standard InChI is InChI=1S/C20H18F6N6O.ClH/c21-13-6-15(23)14(22)4-10(13)3-12(27)5-17(33)31-1-2-32-16(9-31)18(11-7-28-29-8-11)30-19(32)20(24,25)26;/h4,6-8,12H,1-3,5,9,27H2,(H,28,29);1H. The third kappa shape index (κ3) is 5.04. The van der Waals surface area contributed by atoms with Crippen molar-refractivity contribution in [3.8, 4) is 11.3 Å². The molecule has 2 aromatic heterocycles. The number of halogens is 7. The maximum absolute atomic E-state index is 13.9. The molecule has 184 valence electrons. The summed E-state index contributed by atoms with van der Waals surface area (Å²) in [6, 6.07) is 0.174. The first-order valence-electron chi connectivity index (χ1n) is 9.87. The summed E-state index contributed by atoms with van der Waals surface area (Å²) in [5, 5.41) is 6.26. The third-order valence-electron chi connectivity index (χ3n) is 5.39. The van der Waals surface area contributed by atoms with Gasteiger partial charge in [-0.2, -0.15) is 18.3 Å². The van der Waals surface area contributed by atoms with Gasteiger partial charge in [0.25, 0.3) is 0 Å². The quantitative estimate of drug-likeness (QED) is 0.408. The number of aromatic amines is 1. The highest BCUT2D eigenvalue weighted by atomic mass is 35.5. The molecule has 1 unspecified atom stereocenters. The van der Waals surface area contributed by atoms with E-state index in [0.717, 1.165) is 4.57 Å². The Balaban J connectivity index is 0.00000324. The molecule has 3 heterocycles. The normalized spacial score (nSPS) is 14.5. The van der Waals surface area contributed by atoms with Crippen LogP contribution in [0, 0.1) is 17.5 Å². The maximum atomic E-state index is 13.9. The molecule has 3 aromatic rings. The van der Waals surface area contributed by atoms with Gasteiger partial charge < -0.3 is 15.2 Å². The number of fused-ring (bicyclic) bond motifs is 1. The van der Waals surface area contributed by atoms with Crippen LogP contribution >= 0.6 is 12.4 Å². The molecule has 0 spiro atoms. The number of alkyl halides is 3. The van der Waals surface area contributed by atoms with E-state index in [1.165, 1.54) is 17.3 Å². The van der Waals surface area contributed by atoms with Gasteiger partial charge in [0.15, 0.2) is 11.6 Å². The summed E-state index contributed by atoms with van der Waals surface area (Å²) in [6.07, 6.45) is -2.44. The van der Waals surface area contributed by atoms with Crippen LogP contribution in [0.2, 0.25) is 0 Å². The molecule has 1 amide bonds. The summed E-state index contributed by atoms with van der Waals surface area (Å²) < 4.78 is 81.8. The molecule has 0 saturated carbocycles. The lowest BCUT2D eigenvalue weighted by Crippen LogP contribution is -2.42. The van der Waals surface area contributed by atoms with E-state index < -0.39 is 41.4 Å². The Morgan fingerprint density at radius 2 is 1.85 bits per heavy atom. The van der Waals surface area contributed by atoms with Crippen molar-refractivity contribution in [2.75, 3.05) is 6.54 Å². The molecule has 0 saturated heterocycles. The van der Waals surface area contributed by atoms with E-state index >= 15 is 0 Å². The predicted molar refractivity (Wildman–Crippen MR) is 110 cm³/mol. The first kappa shape index (κ1) is 25.6. The van der Waals surface area contributed by atoms with E-state index in [1.54, 1.807) is 0 Å². The SMILES string of the molecule is Cl.NC(CC(=O)N1CCn2c(C(F)(F)F)nc(-c3cn[nH]c3)c2C1)Cc1cc(F)c(F)cc1F. The Bertz CT molecular complexity index is 1180. The molecule has 0 fully saturated rings. The Labute approximate surface area is 195 Å². The largest absolute Gasteiger partial charge is 0.449 e. The van der Waals surface area contributed by atoms with Crippen LogP contribution in [0.25, 0.3) is 11.3 Å². The summed E-state index contributed by atoms with van der Waals surface area (Å²) in [5.41, 5.74) is 6.34. The summed E-state index contributed by atoms with van der Waals surface area (Å²) in [4.78, 5) is 17.8. The fraction of sp³-hybridized carbons (Fsp3) is 0.350. The minimum Gasteiger partial charge on any atom is -0.335 e. The highest BCUT2D eigenvalue weighted by Crippen LogP contribution is 2.35. The van der Waals surface area contributed by atoms with Crippen molar-refractivity contribution in [1.29, 1.82) is 0 Å². The first-order valence-corrected chi connectivity index (χ1v) is 9.87. The van der Waals surface area contributed by atoms with Crippen LogP contribution in [-0.2, 0) is 30.5 Å². The van der Waals surface area contributed by atoms with Gasteiger partial charge in [-0.25, -0.2) is 18.2 Å². The zero-order chi connectivity index (χ0) is 23.9. The monoisotopic (exact) mass is 508 g/mol. The van der Waals surface area contributed by atoms with Crippen LogP contribution in [0.3, 0.4) is 0 Å². The second-order valence-electron chi connectivity index (χ2n) is 7.71. The average Bonchev–Trinajstić information content (AvgIpc) is 3.38. The predicted octanol–water partition coefficient (Wildman–Crippen LogP) is 3.43. The van der Waals surface area contributed by atoms with Gasteiger partial charge in [-0.1, -0.05) is 0 Å². The maximum Gasteiger partial charge on any atom is 0.449 e. The second kappa shape index (κ2) is 9.66. The van der Waals surface area contributed by atoms with Gasteiger partial charge in [-0.3, -0.25) is 9.89 Å².